The van der Waals surface area contributed by atoms with E-state index in [1.807, 2.05) is 0 Å². The lowest BCUT2D eigenvalue weighted by Crippen LogP contribution is -2.25. The van der Waals surface area contributed by atoms with Gasteiger partial charge >= 0.3 is 0 Å². The zero-order valence-electron chi connectivity index (χ0n) is 10.2. The number of benzene rings is 1. The average molecular weight is 312 g/mol. The van der Waals surface area contributed by atoms with E-state index in [4.69, 9.17) is 11.6 Å². The first kappa shape index (κ1) is 14.5. The van der Waals surface area contributed by atoms with Crippen LogP contribution in [0.5, 0.6) is 0 Å². The van der Waals surface area contributed by atoms with Gasteiger partial charge in [-0.1, -0.05) is 29.4 Å². The third kappa shape index (κ3) is 3.82. The van der Waals surface area contributed by atoms with Gasteiger partial charge in [0.25, 0.3) is 5.69 Å². The summed E-state index contributed by atoms with van der Waals surface area (Å²) < 4.78 is 0. The summed E-state index contributed by atoms with van der Waals surface area (Å²) >= 11 is 7.18. The van der Waals surface area contributed by atoms with Crippen LogP contribution in [0.1, 0.15) is 5.56 Å². The molecule has 0 unspecified atom stereocenters. The van der Waals surface area contributed by atoms with E-state index >= 15 is 0 Å². The van der Waals surface area contributed by atoms with E-state index in [9.17, 15) is 14.9 Å². The van der Waals surface area contributed by atoms with Gasteiger partial charge in [-0.2, -0.15) is 0 Å². The van der Waals surface area contributed by atoms with E-state index in [-0.39, 0.29) is 16.6 Å². The van der Waals surface area contributed by atoms with Crippen molar-refractivity contribution >= 4 is 46.2 Å². The Morgan fingerprint density at radius 1 is 1.55 bits per heavy atom. The van der Waals surface area contributed by atoms with Crippen LogP contribution < -0.4 is 5.32 Å². The van der Waals surface area contributed by atoms with Crippen LogP contribution in [0, 0.1) is 10.1 Å². The molecule has 2 rings (SSSR count). The number of halogens is 1. The van der Waals surface area contributed by atoms with E-state index in [0.717, 1.165) is 5.75 Å². The fraction of sp³-hybridized carbons (Fsp3) is 0.167. The molecule has 1 amide bonds. The smallest absolute Gasteiger partial charge is 0.288 e. The van der Waals surface area contributed by atoms with E-state index < -0.39 is 4.92 Å². The summed E-state index contributed by atoms with van der Waals surface area (Å²) in [5.74, 6) is 0.540. The largest absolute Gasteiger partial charge is 0.302 e. The Bertz CT molecular complexity index is 616. The molecule has 1 heterocycles. The Labute approximate surface area is 124 Å². The Morgan fingerprint density at radius 2 is 2.35 bits per heavy atom. The number of nitrogens with one attached hydrogen (secondary N) is 1. The number of rotatable bonds is 3. The highest BCUT2D eigenvalue weighted by Gasteiger charge is 2.12. The summed E-state index contributed by atoms with van der Waals surface area (Å²) in [6, 6.07) is 4.34. The number of hydrogen-bond donors (Lipinski definition) is 1. The molecule has 0 atom stereocenters. The highest BCUT2D eigenvalue weighted by molar-refractivity contribution is 8.14. The second-order valence-corrected chi connectivity index (χ2v) is 5.32. The normalized spacial score (nSPS) is 14.3. The fourth-order valence-electron chi connectivity index (χ4n) is 1.50. The maximum Gasteiger partial charge on any atom is 0.288 e. The number of thioether (sulfide) groups is 1. The summed E-state index contributed by atoms with van der Waals surface area (Å²) in [6.45, 7) is 0.702. The van der Waals surface area contributed by atoms with Crippen LogP contribution in [-0.2, 0) is 4.79 Å². The molecule has 6 nitrogen and oxygen atoms in total. The molecule has 0 aromatic heterocycles. The van der Waals surface area contributed by atoms with Gasteiger partial charge in [0.1, 0.15) is 5.02 Å². The van der Waals surface area contributed by atoms with Crippen molar-refractivity contribution in [2.45, 2.75) is 0 Å². The molecular weight excluding hydrogens is 302 g/mol. The van der Waals surface area contributed by atoms with Gasteiger partial charge in [-0.3, -0.25) is 19.9 Å². The van der Waals surface area contributed by atoms with Crippen LogP contribution in [0.2, 0.25) is 5.02 Å². The standard InChI is InChI=1S/C12H10ClN3O3S/c13-9-3-1-8(7-10(9)16(18)19)2-4-11(17)15-12-14-5-6-20-12/h1-4,7H,5-6H2,(H,14,15,17). The summed E-state index contributed by atoms with van der Waals surface area (Å²) in [5, 5.41) is 14.0. The van der Waals surface area contributed by atoms with Crippen LogP contribution in [0.25, 0.3) is 6.08 Å². The molecule has 8 heteroatoms. The first-order valence-electron chi connectivity index (χ1n) is 5.66. The van der Waals surface area contributed by atoms with E-state index in [1.54, 1.807) is 6.07 Å². The molecule has 0 saturated heterocycles. The van der Waals surface area contributed by atoms with E-state index in [0.29, 0.717) is 17.3 Å². The lowest BCUT2D eigenvalue weighted by Gasteiger charge is -1.99. The van der Waals surface area contributed by atoms with Gasteiger partial charge in [-0.25, -0.2) is 0 Å². The molecular formula is C12H10ClN3O3S. The molecule has 0 fully saturated rings. The molecule has 0 radical (unpaired) electrons. The Hall–Kier alpha value is -1.86. The molecule has 0 bridgehead atoms. The molecule has 20 heavy (non-hydrogen) atoms. The SMILES string of the molecule is O=C(C=Cc1ccc(Cl)c([N+](=O)[O-])c1)NC1=NCCS1. The van der Waals surface area contributed by atoms with Crippen LogP contribution >= 0.6 is 23.4 Å². The molecule has 104 valence electrons. The molecule has 0 aliphatic carbocycles. The molecule has 1 aromatic carbocycles. The Balaban J connectivity index is 2.05. The summed E-state index contributed by atoms with van der Waals surface area (Å²) in [6.07, 6.45) is 2.78. The lowest BCUT2D eigenvalue weighted by atomic mass is 10.2. The maximum atomic E-state index is 11.6. The Morgan fingerprint density at radius 3 is 3.00 bits per heavy atom. The zero-order valence-corrected chi connectivity index (χ0v) is 11.8. The topological polar surface area (TPSA) is 84.6 Å². The number of amides is 1. The second kappa shape index (κ2) is 6.53. The molecule has 1 N–H and O–H groups in total. The van der Waals surface area contributed by atoms with E-state index in [1.165, 1.54) is 36.0 Å². The minimum Gasteiger partial charge on any atom is -0.302 e. The average Bonchev–Trinajstić information content (AvgIpc) is 2.90. The maximum absolute atomic E-state index is 11.6. The van der Waals surface area contributed by atoms with Crippen molar-refractivity contribution in [3.8, 4) is 0 Å². The van der Waals surface area contributed by atoms with Crippen LogP contribution in [0.15, 0.2) is 29.3 Å². The highest BCUT2D eigenvalue weighted by Crippen LogP contribution is 2.25. The van der Waals surface area contributed by atoms with Gasteiger partial charge in [-0.15, -0.1) is 0 Å². The lowest BCUT2D eigenvalue weighted by molar-refractivity contribution is -0.384. The van der Waals surface area contributed by atoms with E-state index in [2.05, 4.69) is 10.3 Å². The van der Waals surface area contributed by atoms with Crippen molar-refractivity contribution in [2.75, 3.05) is 12.3 Å². The van der Waals surface area contributed by atoms with Gasteiger partial charge in [0.05, 0.1) is 11.5 Å². The number of nitrogens with zero attached hydrogens (tertiary/aromatic N) is 2. The first-order chi connectivity index (χ1) is 9.56. The van der Waals surface area contributed by atoms with Crippen molar-refractivity contribution in [3.05, 3.63) is 45.0 Å². The summed E-state index contributed by atoms with van der Waals surface area (Å²) in [5.41, 5.74) is 0.335. The van der Waals surface area contributed by atoms with Gasteiger partial charge in [0.2, 0.25) is 5.91 Å². The fourth-order valence-corrected chi connectivity index (χ4v) is 2.42. The van der Waals surface area contributed by atoms with Gasteiger partial charge in [0.15, 0.2) is 5.17 Å². The third-order valence-corrected chi connectivity index (χ3v) is 3.62. The number of hydrogen-bond acceptors (Lipinski definition) is 5. The van der Waals surface area contributed by atoms with Gasteiger partial charge in [0, 0.05) is 17.9 Å². The number of carbonyl (C=O) groups excluding carboxylic acids is 1. The number of nitro groups is 1. The molecule has 0 saturated carbocycles. The monoisotopic (exact) mass is 311 g/mol. The van der Waals surface area contributed by atoms with Gasteiger partial charge < -0.3 is 5.32 Å². The number of nitro benzene ring substituents is 1. The molecule has 1 aromatic rings. The molecule has 0 spiro atoms. The van der Waals surface area contributed by atoms with Crippen LogP contribution in [0.4, 0.5) is 5.69 Å². The summed E-state index contributed by atoms with van der Waals surface area (Å²) in [4.78, 5) is 25.9. The highest BCUT2D eigenvalue weighted by atomic mass is 35.5. The minimum atomic E-state index is -0.566. The number of aliphatic imine (C=N–C) groups is 1. The quantitative estimate of drug-likeness (QED) is 0.528. The zero-order chi connectivity index (χ0) is 14.5. The number of amidine groups is 1. The van der Waals surface area contributed by atoms with Crippen molar-refractivity contribution < 1.29 is 9.72 Å². The minimum absolute atomic E-state index is 0.0633. The summed E-state index contributed by atoms with van der Waals surface area (Å²) in [7, 11) is 0. The second-order valence-electron chi connectivity index (χ2n) is 3.83. The predicted molar refractivity (Wildman–Crippen MR) is 80.0 cm³/mol. The van der Waals surface area contributed by atoms with Crippen molar-refractivity contribution in [1.82, 2.24) is 5.32 Å². The number of carbonyl (C=O) groups is 1. The van der Waals surface area contributed by atoms with Crippen LogP contribution in [0.3, 0.4) is 0 Å². The third-order valence-electron chi connectivity index (χ3n) is 2.41. The molecule has 1 aliphatic rings. The van der Waals surface area contributed by atoms with Crippen molar-refractivity contribution in [2.24, 2.45) is 4.99 Å². The van der Waals surface area contributed by atoms with Crippen molar-refractivity contribution in [3.63, 3.8) is 0 Å². The first-order valence-corrected chi connectivity index (χ1v) is 7.03. The van der Waals surface area contributed by atoms with Crippen molar-refractivity contribution in [1.29, 1.82) is 0 Å². The molecule has 1 aliphatic heterocycles. The predicted octanol–water partition coefficient (Wildman–Crippen LogP) is 2.48. The van der Waals surface area contributed by atoms with Gasteiger partial charge in [-0.05, 0) is 17.7 Å². The van der Waals surface area contributed by atoms with Crippen LogP contribution in [-0.4, -0.2) is 28.3 Å². The Kier molecular flexibility index (Phi) is 4.75.